The summed E-state index contributed by atoms with van der Waals surface area (Å²) in [5, 5.41) is 9.50. The lowest BCUT2D eigenvalue weighted by Crippen LogP contribution is -1.87. The SMILES string of the molecule is N#Cc1c(F)cccc1Sc1ccccc1Cl. The monoisotopic (exact) mass is 263 g/mol. The number of nitrogens with zero attached hydrogens (tertiary/aromatic N) is 1. The fourth-order valence-electron chi connectivity index (χ4n) is 1.34. The second kappa shape index (κ2) is 5.22. The van der Waals surface area contributed by atoms with Crippen molar-refractivity contribution in [1.82, 2.24) is 0 Å². The third-order valence-corrected chi connectivity index (χ3v) is 3.72. The zero-order chi connectivity index (χ0) is 12.3. The van der Waals surface area contributed by atoms with Crippen LogP contribution in [-0.2, 0) is 0 Å². The normalized spacial score (nSPS) is 9.94. The number of rotatable bonds is 2. The molecule has 0 aliphatic heterocycles. The molecule has 0 saturated heterocycles. The molecule has 0 spiro atoms. The second-order valence-corrected chi connectivity index (χ2v) is 4.75. The van der Waals surface area contributed by atoms with Gasteiger partial charge in [0.2, 0.25) is 0 Å². The molecular weight excluding hydrogens is 257 g/mol. The fourth-order valence-corrected chi connectivity index (χ4v) is 2.54. The van der Waals surface area contributed by atoms with Crippen molar-refractivity contribution in [1.29, 1.82) is 5.26 Å². The number of hydrogen-bond acceptors (Lipinski definition) is 2. The Morgan fingerprint density at radius 3 is 2.47 bits per heavy atom. The van der Waals surface area contributed by atoms with Crippen LogP contribution in [0.25, 0.3) is 0 Å². The minimum absolute atomic E-state index is 0.0532. The summed E-state index contributed by atoms with van der Waals surface area (Å²) in [6, 6.07) is 13.7. The molecule has 4 heteroatoms. The lowest BCUT2D eigenvalue weighted by molar-refractivity contribution is 0.620. The molecule has 2 rings (SSSR count). The van der Waals surface area contributed by atoms with E-state index in [0.717, 1.165) is 4.90 Å². The first-order valence-corrected chi connectivity index (χ1v) is 6.03. The van der Waals surface area contributed by atoms with Gasteiger partial charge in [-0.2, -0.15) is 5.26 Å². The van der Waals surface area contributed by atoms with E-state index in [-0.39, 0.29) is 5.56 Å². The first-order valence-electron chi connectivity index (χ1n) is 4.83. The standard InChI is InChI=1S/C13H7ClFNS/c14-10-4-1-2-6-13(10)17-12-7-3-5-11(15)9(12)8-16/h1-7H. The van der Waals surface area contributed by atoms with Crippen molar-refractivity contribution in [2.24, 2.45) is 0 Å². The van der Waals surface area contributed by atoms with Gasteiger partial charge in [-0.15, -0.1) is 0 Å². The molecule has 0 saturated carbocycles. The molecule has 1 nitrogen and oxygen atoms in total. The van der Waals surface area contributed by atoms with E-state index in [1.165, 1.54) is 17.8 Å². The van der Waals surface area contributed by atoms with Crippen LogP contribution in [0.2, 0.25) is 5.02 Å². The molecule has 0 fully saturated rings. The largest absolute Gasteiger partial charge is 0.206 e. The topological polar surface area (TPSA) is 23.8 Å². The highest BCUT2D eigenvalue weighted by atomic mass is 35.5. The maximum absolute atomic E-state index is 13.4. The van der Waals surface area contributed by atoms with Gasteiger partial charge in [-0.05, 0) is 24.3 Å². The van der Waals surface area contributed by atoms with Crippen LogP contribution in [0.1, 0.15) is 5.56 Å². The van der Waals surface area contributed by atoms with Crippen LogP contribution in [-0.4, -0.2) is 0 Å². The van der Waals surface area contributed by atoms with E-state index in [4.69, 9.17) is 16.9 Å². The molecule has 2 aromatic carbocycles. The summed E-state index contributed by atoms with van der Waals surface area (Å²) >= 11 is 7.30. The van der Waals surface area contributed by atoms with Crippen molar-refractivity contribution in [3.63, 3.8) is 0 Å². The van der Waals surface area contributed by atoms with Crippen molar-refractivity contribution >= 4 is 23.4 Å². The van der Waals surface area contributed by atoms with Gasteiger partial charge in [-0.1, -0.05) is 41.6 Å². The Balaban J connectivity index is 2.41. The van der Waals surface area contributed by atoms with Gasteiger partial charge in [0, 0.05) is 9.79 Å². The van der Waals surface area contributed by atoms with Gasteiger partial charge in [-0.3, -0.25) is 0 Å². The number of benzene rings is 2. The molecule has 0 radical (unpaired) electrons. The summed E-state index contributed by atoms with van der Waals surface area (Å²) in [6.07, 6.45) is 0. The number of halogens is 2. The summed E-state index contributed by atoms with van der Waals surface area (Å²) in [6.45, 7) is 0. The molecule has 0 bridgehead atoms. The third kappa shape index (κ3) is 2.60. The lowest BCUT2D eigenvalue weighted by atomic mass is 10.2. The van der Waals surface area contributed by atoms with Crippen LogP contribution < -0.4 is 0 Å². The summed E-state index contributed by atoms with van der Waals surface area (Å²) in [7, 11) is 0. The zero-order valence-corrected chi connectivity index (χ0v) is 10.2. The summed E-state index contributed by atoms with van der Waals surface area (Å²) in [4.78, 5) is 1.37. The van der Waals surface area contributed by atoms with E-state index in [2.05, 4.69) is 0 Å². The molecule has 0 heterocycles. The fraction of sp³-hybridized carbons (Fsp3) is 0. The summed E-state index contributed by atoms with van der Waals surface area (Å²) < 4.78 is 13.4. The Kier molecular flexibility index (Phi) is 3.68. The van der Waals surface area contributed by atoms with Gasteiger partial charge in [-0.25, -0.2) is 4.39 Å². The molecule has 0 amide bonds. The van der Waals surface area contributed by atoms with Gasteiger partial charge in [0.15, 0.2) is 0 Å². The van der Waals surface area contributed by atoms with Gasteiger partial charge in [0.1, 0.15) is 17.4 Å². The summed E-state index contributed by atoms with van der Waals surface area (Å²) in [5.74, 6) is -0.510. The van der Waals surface area contributed by atoms with E-state index < -0.39 is 5.82 Å². The Hall–Kier alpha value is -1.50. The molecule has 0 aliphatic carbocycles. The van der Waals surface area contributed by atoms with Gasteiger partial charge in [0.05, 0.1) is 5.02 Å². The second-order valence-electron chi connectivity index (χ2n) is 3.26. The molecule has 84 valence electrons. The van der Waals surface area contributed by atoms with Crippen LogP contribution in [0.5, 0.6) is 0 Å². The van der Waals surface area contributed by atoms with E-state index in [1.807, 2.05) is 24.3 Å². The summed E-state index contributed by atoms with van der Waals surface area (Å²) in [5.41, 5.74) is 0.0532. The quantitative estimate of drug-likeness (QED) is 0.796. The molecule has 0 atom stereocenters. The Morgan fingerprint density at radius 1 is 1.06 bits per heavy atom. The molecule has 0 unspecified atom stereocenters. The Bertz CT molecular complexity index is 592. The predicted octanol–water partition coefficient (Wildman–Crippen LogP) is 4.50. The first kappa shape index (κ1) is 12.0. The van der Waals surface area contributed by atoms with Gasteiger partial charge >= 0.3 is 0 Å². The van der Waals surface area contributed by atoms with Gasteiger partial charge in [0.25, 0.3) is 0 Å². The van der Waals surface area contributed by atoms with Crippen molar-refractivity contribution < 1.29 is 4.39 Å². The molecule has 2 aromatic rings. The van der Waals surface area contributed by atoms with E-state index in [0.29, 0.717) is 9.92 Å². The van der Waals surface area contributed by atoms with Crippen LogP contribution in [0.3, 0.4) is 0 Å². The van der Waals surface area contributed by atoms with Crippen LogP contribution in [0, 0.1) is 17.1 Å². The molecule has 0 N–H and O–H groups in total. The smallest absolute Gasteiger partial charge is 0.142 e. The molecule has 17 heavy (non-hydrogen) atoms. The molecular formula is C13H7ClFNS. The lowest BCUT2D eigenvalue weighted by Gasteiger charge is -2.05. The highest BCUT2D eigenvalue weighted by molar-refractivity contribution is 7.99. The highest BCUT2D eigenvalue weighted by Crippen LogP contribution is 2.35. The van der Waals surface area contributed by atoms with E-state index in [9.17, 15) is 4.39 Å². The molecule has 0 aliphatic rings. The maximum Gasteiger partial charge on any atom is 0.142 e. The van der Waals surface area contributed by atoms with Crippen LogP contribution in [0.4, 0.5) is 4.39 Å². The van der Waals surface area contributed by atoms with E-state index in [1.54, 1.807) is 18.2 Å². The maximum atomic E-state index is 13.4. The zero-order valence-electron chi connectivity index (χ0n) is 8.65. The van der Waals surface area contributed by atoms with Crippen molar-refractivity contribution in [3.8, 4) is 6.07 Å². The van der Waals surface area contributed by atoms with Crippen molar-refractivity contribution in [3.05, 3.63) is 58.9 Å². The molecule has 0 aromatic heterocycles. The Labute approximate surface area is 108 Å². The minimum atomic E-state index is -0.510. The van der Waals surface area contributed by atoms with Crippen molar-refractivity contribution in [2.75, 3.05) is 0 Å². The van der Waals surface area contributed by atoms with E-state index >= 15 is 0 Å². The minimum Gasteiger partial charge on any atom is -0.206 e. The third-order valence-electron chi connectivity index (χ3n) is 2.14. The first-order chi connectivity index (χ1) is 8.22. The average Bonchev–Trinajstić information content (AvgIpc) is 2.32. The highest BCUT2D eigenvalue weighted by Gasteiger charge is 2.10. The van der Waals surface area contributed by atoms with Crippen LogP contribution >= 0.6 is 23.4 Å². The van der Waals surface area contributed by atoms with Gasteiger partial charge < -0.3 is 0 Å². The number of nitriles is 1. The average molecular weight is 264 g/mol. The predicted molar refractivity (Wildman–Crippen MR) is 66.7 cm³/mol. The van der Waals surface area contributed by atoms with Crippen LogP contribution in [0.15, 0.2) is 52.3 Å². The van der Waals surface area contributed by atoms with Crippen molar-refractivity contribution in [2.45, 2.75) is 9.79 Å². The number of hydrogen-bond donors (Lipinski definition) is 0. The Morgan fingerprint density at radius 2 is 1.76 bits per heavy atom.